The first-order valence-electron chi connectivity index (χ1n) is 6.96. The lowest BCUT2D eigenvalue weighted by Crippen LogP contribution is -2.38. The third-order valence-corrected chi connectivity index (χ3v) is 4.30. The van der Waals surface area contributed by atoms with Gasteiger partial charge in [-0.1, -0.05) is 11.6 Å². The Morgan fingerprint density at radius 1 is 1.45 bits per heavy atom. The van der Waals surface area contributed by atoms with Crippen LogP contribution in [-0.2, 0) is 0 Å². The van der Waals surface area contributed by atoms with E-state index in [1.165, 1.54) is 0 Å². The monoisotopic (exact) mass is 295 g/mol. The van der Waals surface area contributed by atoms with E-state index in [0.717, 1.165) is 32.5 Å². The summed E-state index contributed by atoms with van der Waals surface area (Å²) in [5.41, 5.74) is 6.80. The van der Waals surface area contributed by atoms with Crippen molar-refractivity contribution in [2.24, 2.45) is 5.92 Å². The Labute approximate surface area is 125 Å². The topological polar surface area (TPSA) is 49.6 Å². The summed E-state index contributed by atoms with van der Waals surface area (Å²) in [6, 6.07) is 5.05. The first kappa shape index (κ1) is 15.1. The van der Waals surface area contributed by atoms with Crippen LogP contribution in [0.15, 0.2) is 18.2 Å². The molecule has 1 amide bonds. The molecule has 1 aromatic rings. The van der Waals surface area contributed by atoms with Gasteiger partial charge in [0.2, 0.25) is 0 Å². The van der Waals surface area contributed by atoms with Crippen LogP contribution >= 0.6 is 11.6 Å². The molecule has 0 aromatic heterocycles. The summed E-state index contributed by atoms with van der Waals surface area (Å²) in [5, 5.41) is 0.486. The van der Waals surface area contributed by atoms with E-state index in [2.05, 4.69) is 11.9 Å². The van der Waals surface area contributed by atoms with Crippen LogP contribution in [0.3, 0.4) is 0 Å². The van der Waals surface area contributed by atoms with Gasteiger partial charge in [-0.2, -0.15) is 0 Å². The van der Waals surface area contributed by atoms with Gasteiger partial charge in [0, 0.05) is 19.2 Å². The predicted octanol–water partition coefficient (Wildman–Crippen LogP) is 2.34. The maximum absolute atomic E-state index is 12.4. The Kier molecular flexibility index (Phi) is 4.89. The van der Waals surface area contributed by atoms with Crippen LogP contribution in [0.2, 0.25) is 5.02 Å². The van der Waals surface area contributed by atoms with Crippen LogP contribution in [0.4, 0.5) is 5.69 Å². The van der Waals surface area contributed by atoms with Crippen LogP contribution < -0.4 is 5.73 Å². The summed E-state index contributed by atoms with van der Waals surface area (Å²) in [6.45, 7) is 3.02. The van der Waals surface area contributed by atoms with E-state index in [-0.39, 0.29) is 5.91 Å². The minimum absolute atomic E-state index is 0.00675. The molecule has 0 saturated carbocycles. The van der Waals surface area contributed by atoms with Gasteiger partial charge in [-0.3, -0.25) is 4.79 Å². The van der Waals surface area contributed by atoms with Gasteiger partial charge in [-0.25, -0.2) is 0 Å². The highest BCUT2D eigenvalue weighted by Gasteiger charge is 2.21. The SMILES string of the molecule is CN1CCC(CN(C)C(=O)c2ccc(Cl)c(N)c2)CC1. The number of piperidine rings is 1. The lowest BCUT2D eigenvalue weighted by Gasteiger charge is -2.31. The number of hydrogen-bond acceptors (Lipinski definition) is 3. The highest BCUT2D eigenvalue weighted by Crippen LogP contribution is 2.21. The van der Waals surface area contributed by atoms with E-state index >= 15 is 0 Å². The van der Waals surface area contributed by atoms with Crippen molar-refractivity contribution in [1.29, 1.82) is 0 Å². The van der Waals surface area contributed by atoms with Gasteiger partial charge < -0.3 is 15.5 Å². The normalized spacial score (nSPS) is 17.1. The third kappa shape index (κ3) is 3.64. The van der Waals surface area contributed by atoms with Crippen molar-refractivity contribution in [3.8, 4) is 0 Å². The van der Waals surface area contributed by atoms with Crippen molar-refractivity contribution in [2.75, 3.05) is 39.5 Å². The molecule has 1 aliphatic heterocycles. The number of halogens is 1. The van der Waals surface area contributed by atoms with Gasteiger partial charge in [0.05, 0.1) is 10.7 Å². The molecule has 4 nitrogen and oxygen atoms in total. The molecule has 1 fully saturated rings. The molecule has 0 unspecified atom stereocenters. The van der Waals surface area contributed by atoms with Gasteiger partial charge >= 0.3 is 0 Å². The number of anilines is 1. The van der Waals surface area contributed by atoms with E-state index in [1.807, 2.05) is 7.05 Å². The minimum Gasteiger partial charge on any atom is -0.398 e. The van der Waals surface area contributed by atoms with Crippen molar-refractivity contribution in [2.45, 2.75) is 12.8 Å². The molecule has 110 valence electrons. The Hall–Kier alpha value is -1.26. The average molecular weight is 296 g/mol. The number of nitrogens with zero attached hydrogens (tertiary/aromatic N) is 2. The summed E-state index contributed by atoms with van der Waals surface area (Å²) in [7, 11) is 3.99. The fraction of sp³-hybridized carbons (Fsp3) is 0.533. The fourth-order valence-electron chi connectivity index (χ4n) is 2.61. The third-order valence-electron chi connectivity index (χ3n) is 3.96. The molecule has 5 heteroatoms. The van der Waals surface area contributed by atoms with Crippen LogP contribution in [0.25, 0.3) is 0 Å². The molecule has 0 spiro atoms. The van der Waals surface area contributed by atoms with Gasteiger partial charge in [0.25, 0.3) is 5.91 Å². The minimum atomic E-state index is 0.00675. The number of carbonyl (C=O) groups is 1. The summed E-state index contributed by atoms with van der Waals surface area (Å²) >= 11 is 5.88. The first-order valence-corrected chi connectivity index (χ1v) is 7.34. The lowest BCUT2D eigenvalue weighted by atomic mass is 9.96. The number of benzene rings is 1. The molecule has 20 heavy (non-hydrogen) atoms. The fourth-order valence-corrected chi connectivity index (χ4v) is 2.73. The van der Waals surface area contributed by atoms with E-state index in [9.17, 15) is 4.79 Å². The number of hydrogen-bond donors (Lipinski definition) is 1. The Balaban J connectivity index is 1.96. The van der Waals surface area contributed by atoms with Gasteiger partial charge in [0.1, 0.15) is 0 Å². The number of amides is 1. The second-order valence-electron chi connectivity index (χ2n) is 5.67. The van der Waals surface area contributed by atoms with E-state index in [4.69, 9.17) is 17.3 Å². The average Bonchev–Trinajstić information content (AvgIpc) is 2.43. The largest absolute Gasteiger partial charge is 0.398 e. The molecule has 1 heterocycles. The number of nitrogens with two attached hydrogens (primary N) is 1. The Morgan fingerprint density at radius 2 is 2.10 bits per heavy atom. The van der Waals surface area contributed by atoms with E-state index < -0.39 is 0 Å². The van der Waals surface area contributed by atoms with Crippen molar-refractivity contribution in [3.63, 3.8) is 0 Å². The van der Waals surface area contributed by atoms with Crippen LogP contribution in [-0.4, -0.2) is 49.4 Å². The van der Waals surface area contributed by atoms with Crippen LogP contribution in [0.1, 0.15) is 23.2 Å². The molecule has 0 radical (unpaired) electrons. The molecule has 1 aromatic carbocycles. The highest BCUT2D eigenvalue weighted by atomic mass is 35.5. The van der Waals surface area contributed by atoms with Crippen molar-refractivity contribution < 1.29 is 4.79 Å². The maximum atomic E-state index is 12.4. The van der Waals surface area contributed by atoms with Gasteiger partial charge in [-0.15, -0.1) is 0 Å². The number of nitrogen functional groups attached to an aromatic ring is 1. The van der Waals surface area contributed by atoms with E-state index in [1.54, 1.807) is 23.1 Å². The molecule has 1 saturated heterocycles. The summed E-state index contributed by atoms with van der Waals surface area (Å²) in [4.78, 5) is 16.5. The maximum Gasteiger partial charge on any atom is 0.253 e. The number of likely N-dealkylation sites (tertiary alicyclic amines) is 1. The Bertz CT molecular complexity index is 484. The number of rotatable bonds is 3. The molecular weight excluding hydrogens is 274 g/mol. The zero-order valence-corrected chi connectivity index (χ0v) is 12.9. The smallest absolute Gasteiger partial charge is 0.253 e. The van der Waals surface area contributed by atoms with Crippen molar-refractivity contribution in [1.82, 2.24) is 9.80 Å². The summed E-state index contributed by atoms with van der Waals surface area (Å²) in [6.07, 6.45) is 2.30. The Morgan fingerprint density at radius 3 is 2.70 bits per heavy atom. The van der Waals surface area contributed by atoms with Gasteiger partial charge in [0.15, 0.2) is 0 Å². The molecule has 0 aliphatic carbocycles. The van der Waals surface area contributed by atoms with E-state index in [0.29, 0.717) is 22.2 Å². The molecule has 0 bridgehead atoms. The highest BCUT2D eigenvalue weighted by molar-refractivity contribution is 6.33. The van der Waals surface area contributed by atoms with Gasteiger partial charge in [-0.05, 0) is 57.1 Å². The van der Waals surface area contributed by atoms with Crippen molar-refractivity contribution in [3.05, 3.63) is 28.8 Å². The first-order chi connectivity index (χ1) is 9.47. The lowest BCUT2D eigenvalue weighted by molar-refractivity contribution is 0.0747. The molecule has 2 rings (SSSR count). The summed E-state index contributed by atoms with van der Waals surface area (Å²) < 4.78 is 0. The molecule has 2 N–H and O–H groups in total. The zero-order chi connectivity index (χ0) is 14.7. The second kappa shape index (κ2) is 6.46. The molecule has 0 atom stereocenters. The standard InChI is InChI=1S/C15H22ClN3O/c1-18-7-5-11(6-8-18)10-19(2)15(20)12-3-4-13(16)14(17)9-12/h3-4,9,11H,5-8,10,17H2,1-2H3. The predicted molar refractivity (Wildman–Crippen MR) is 83.0 cm³/mol. The zero-order valence-electron chi connectivity index (χ0n) is 12.1. The quantitative estimate of drug-likeness (QED) is 0.871. The number of carbonyl (C=O) groups excluding carboxylic acids is 1. The second-order valence-corrected chi connectivity index (χ2v) is 6.08. The van der Waals surface area contributed by atoms with Crippen LogP contribution in [0.5, 0.6) is 0 Å². The van der Waals surface area contributed by atoms with Crippen LogP contribution in [0, 0.1) is 5.92 Å². The molecule has 1 aliphatic rings. The molecular formula is C15H22ClN3O. The van der Waals surface area contributed by atoms with Crippen molar-refractivity contribution >= 4 is 23.2 Å². The summed E-state index contributed by atoms with van der Waals surface area (Å²) in [5.74, 6) is 0.595.